The molecule has 2 fully saturated rings. The molecule has 6 unspecified atom stereocenters. The van der Waals surface area contributed by atoms with Crippen molar-refractivity contribution in [2.75, 3.05) is 13.2 Å². The van der Waals surface area contributed by atoms with Crippen molar-refractivity contribution in [3.8, 4) is 0 Å². The summed E-state index contributed by atoms with van der Waals surface area (Å²) in [5.41, 5.74) is -0.125. The van der Waals surface area contributed by atoms with Gasteiger partial charge in [0.1, 0.15) is 0 Å². The number of hydroxylamine groups is 4. The number of hydrogen-bond donors (Lipinski definition) is 0. The molecule has 0 aromatic rings. The van der Waals surface area contributed by atoms with Crippen molar-refractivity contribution in [2.24, 2.45) is 11.8 Å². The number of unbranched alkanes of at least 4 members (excludes halogenated alkanes) is 2. The van der Waals surface area contributed by atoms with Gasteiger partial charge in [0.2, 0.25) is 0 Å². The third-order valence-corrected chi connectivity index (χ3v) is 9.78. The molecule has 6 heteroatoms. The van der Waals surface area contributed by atoms with Gasteiger partial charge >= 0.3 is 0 Å². The van der Waals surface area contributed by atoms with Crippen molar-refractivity contribution in [1.82, 2.24) is 10.1 Å². The van der Waals surface area contributed by atoms with Gasteiger partial charge in [0, 0.05) is 23.2 Å². The maximum atomic E-state index is 6.73. The lowest BCUT2D eigenvalue weighted by atomic mass is 9.82. The molecule has 2 heterocycles. The van der Waals surface area contributed by atoms with Crippen LogP contribution in [0.5, 0.6) is 0 Å². The van der Waals surface area contributed by atoms with Gasteiger partial charge in [-0.15, -0.1) is 0 Å². The van der Waals surface area contributed by atoms with Gasteiger partial charge < -0.3 is 9.47 Å². The highest BCUT2D eigenvalue weighted by molar-refractivity contribution is 4.95. The molecule has 2 saturated heterocycles. The van der Waals surface area contributed by atoms with Gasteiger partial charge in [-0.1, -0.05) is 81.1 Å². The molecule has 0 saturated carbocycles. The van der Waals surface area contributed by atoms with E-state index in [4.69, 9.17) is 19.1 Å². The Hall–Kier alpha value is -0.240. The van der Waals surface area contributed by atoms with E-state index in [1.165, 1.54) is 25.7 Å². The molecule has 0 bridgehead atoms. The molecule has 42 heavy (non-hydrogen) atoms. The van der Waals surface area contributed by atoms with Crippen LogP contribution in [-0.2, 0) is 19.1 Å². The highest BCUT2D eigenvalue weighted by Crippen LogP contribution is 2.39. The average molecular weight is 597 g/mol. The van der Waals surface area contributed by atoms with Crippen LogP contribution in [0.1, 0.15) is 160 Å². The summed E-state index contributed by atoms with van der Waals surface area (Å²) >= 11 is 0. The summed E-state index contributed by atoms with van der Waals surface area (Å²) in [6, 6.07) is 0.716. The van der Waals surface area contributed by atoms with E-state index in [0.717, 1.165) is 51.4 Å². The first-order valence-electron chi connectivity index (χ1n) is 17.9. The van der Waals surface area contributed by atoms with Crippen LogP contribution in [0, 0.1) is 11.8 Å². The maximum Gasteiger partial charge on any atom is 0.0791 e. The molecule has 0 aliphatic carbocycles. The molecule has 6 nitrogen and oxygen atoms in total. The summed E-state index contributed by atoms with van der Waals surface area (Å²) < 4.78 is 13.1. The first kappa shape index (κ1) is 37.9. The largest absolute Gasteiger partial charge is 0.376 e. The fourth-order valence-corrected chi connectivity index (χ4v) is 7.15. The highest BCUT2D eigenvalue weighted by Gasteiger charge is 2.46. The van der Waals surface area contributed by atoms with Crippen molar-refractivity contribution < 1.29 is 19.1 Å². The monoisotopic (exact) mass is 597 g/mol. The molecular formula is C36H72N2O4. The third-order valence-electron chi connectivity index (χ3n) is 9.78. The Bertz CT molecular complexity index is 667. The number of nitrogens with zero attached hydrogens (tertiary/aromatic N) is 2. The van der Waals surface area contributed by atoms with Gasteiger partial charge in [-0.05, 0) is 90.9 Å². The number of hydrogen-bond acceptors (Lipinski definition) is 6. The SMILES string of the molecule is CCCCC(CC)ON1C(C(C)C)CC(OCCOC2CC(C(C)C)N(OC(CC)CCCC)C(C)(C)C2)CC1(C)C. The fourth-order valence-electron chi connectivity index (χ4n) is 7.15. The van der Waals surface area contributed by atoms with Crippen LogP contribution >= 0.6 is 0 Å². The Morgan fingerprint density at radius 1 is 0.619 bits per heavy atom. The molecule has 0 amide bonds. The quantitative estimate of drug-likeness (QED) is 0.138. The topological polar surface area (TPSA) is 43.4 Å². The Morgan fingerprint density at radius 2 is 0.976 bits per heavy atom. The highest BCUT2D eigenvalue weighted by atomic mass is 16.7. The standard InChI is InChI=1S/C36H72N2O4/c1-13-17-19-29(15-3)41-37-33(27(5)6)23-31(25-35(37,9)10)39-21-22-40-32-24-34(28(7)8)38(36(11,12)26-32)42-30(16-4)20-18-14-2/h27-34H,13-26H2,1-12H3. The van der Waals surface area contributed by atoms with Crippen LogP contribution in [0.3, 0.4) is 0 Å². The van der Waals surface area contributed by atoms with E-state index in [2.05, 4.69) is 93.2 Å². The Morgan fingerprint density at radius 3 is 1.26 bits per heavy atom. The van der Waals surface area contributed by atoms with Crippen LogP contribution < -0.4 is 0 Å². The van der Waals surface area contributed by atoms with E-state index in [0.29, 0.717) is 49.3 Å². The van der Waals surface area contributed by atoms with E-state index in [9.17, 15) is 0 Å². The van der Waals surface area contributed by atoms with Crippen LogP contribution in [0.4, 0.5) is 0 Å². The molecular weight excluding hydrogens is 524 g/mol. The molecule has 6 atom stereocenters. The zero-order chi connectivity index (χ0) is 31.5. The van der Waals surface area contributed by atoms with Crippen LogP contribution in [-0.4, -0.2) is 70.9 Å². The van der Waals surface area contributed by atoms with Crippen LogP contribution in [0.15, 0.2) is 0 Å². The summed E-state index contributed by atoms with van der Waals surface area (Å²) in [5.74, 6) is 1.01. The zero-order valence-corrected chi connectivity index (χ0v) is 30.0. The van der Waals surface area contributed by atoms with E-state index < -0.39 is 0 Å². The minimum atomic E-state index is -0.0623. The van der Waals surface area contributed by atoms with Crippen LogP contribution in [0.25, 0.3) is 0 Å². The molecule has 0 aromatic carbocycles. The predicted octanol–water partition coefficient (Wildman–Crippen LogP) is 9.36. The summed E-state index contributed by atoms with van der Waals surface area (Å²) in [4.78, 5) is 13.5. The van der Waals surface area contributed by atoms with Gasteiger partial charge in [-0.2, -0.15) is 10.1 Å². The molecule has 2 aliphatic heterocycles. The minimum absolute atomic E-state index is 0.0623. The first-order valence-corrected chi connectivity index (χ1v) is 17.9. The van der Waals surface area contributed by atoms with Crippen molar-refractivity contribution in [1.29, 1.82) is 0 Å². The second-order valence-corrected chi connectivity index (χ2v) is 15.3. The molecule has 0 radical (unpaired) electrons. The Kier molecular flexibility index (Phi) is 16.3. The summed E-state index contributed by atoms with van der Waals surface area (Å²) in [7, 11) is 0. The Labute approximate surface area is 261 Å². The molecule has 0 aromatic heterocycles. The Balaban J connectivity index is 1.94. The van der Waals surface area contributed by atoms with Gasteiger partial charge in [-0.25, -0.2) is 0 Å². The van der Waals surface area contributed by atoms with Gasteiger partial charge in [-0.3, -0.25) is 9.68 Å². The number of ether oxygens (including phenoxy) is 2. The van der Waals surface area contributed by atoms with Crippen molar-refractivity contribution >= 4 is 0 Å². The second-order valence-electron chi connectivity index (χ2n) is 15.3. The number of rotatable bonds is 19. The predicted molar refractivity (Wildman–Crippen MR) is 176 cm³/mol. The van der Waals surface area contributed by atoms with E-state index in [1.54, 1.807) is 0 Å². The van der Waals surface area contributed by atoms with Gasteiger partial charge in [0.05, 0.1) is 37.6 Å². The summed E-state index contributed by atoms with van der Waals surface area (Å²) in [6.45, 7) is 29.0. The van der Waals surface area contributed by atoms with Gasteiger partial charge in [0.25, 0.3) is 0 Å². The lowest BCUT2D eigenvalue weighted by Crippen LogP contribution is -2.59. The maximum absolute atomic E-state index is 6.73. The normalized spacial score (nSPS) is 28.4. The van der Waals surface area contributed by atoms with E-state index >= 15 is 0 Å². The lowest BCUT2D eigenvalue weighted by molar-refractivity contribution is -0.303. The lowest BCUT2D eigenvalue weighted by Gasteiger charge is -2.52. The summed E-state index contributed by atoms with van der Waals surface area (Å²) in [6.07, 6.45) is 14.3. The van der Waals surface area contributed by atoms with E-state index in [-0.39, 0.29) is 23.3 Å². The van der Waals surface area contributed by atoms with Gasteiger partial charge in [0.15, 0.2) is 0 Å². The summed E-state index contributed by atoms with van der Waals surface area (Å²) in [5, 5.41) is 4.71. The minimum Gasteiger partial charge on any atom is -0.376 e. The smallest absolute Gasteiger partial charge is 0.0791 e. The van der Waals surface area contributed by atoms with Crippen molar-refractivity contribution in [3.05, 3.63) is 0 Å². The molecule has 2 rings (SSSR count). The van der Waals surface area contributed by atoms with Crippen molar-refractivity contribution in [2.45, 2.75) is 208 Å². The molecule has 0 spiro atoms. The second kappa shape index (κ2) is 18.0. The molecule has 0 N–H and O–H groups in total. The van der Waals surface area contributed by atoms with E-state index in [1.807, 2.05) is 0 Å². The fraction of sp³-hybridized carbons (Fsp3) is 1.00. The average Bonchev–Trinajstić information content (AvgIpc) is 2.91. The zero-order valence-electron chi connectivity index (χ0n) is 30.0. The molecule has 250 valence electrons. The van der Waals surface area contributed by atoms with Crippen LogP contribution in [0.2, 0.25) is 0 Å². The molecule has 2 aliphatic rings. The third kappa shape index (κ3) is 11.3. The first-order chi connectivity index (χ1) is 19.8. The number of piperidine rings is 2. The van der Waals surface area contributed by atoms with Crippen molar-refractivity contribution in [3.63, 3.8) is 0 Å².